The van der Waals surface area contributed by atoms with E-state index in [0.717, 1.165) is 11.1 Å². The lowest BCUT2D eigenvalue weighted by Crippen LogP contribution is -2.42. The highest BCUT2D eigenvalue weighted by Crippen LogP contribution is 2.42. The lowest BCUT2D eigenvalue weighted by molar-refractivity contribution is 0.00455. The van der Waals surface area contributed by atoms with Crippen LogP contribution in [-0.4, -0.2) is 40.9 Å². The molecule has 2 aromatic carbocycles. The van der Waals surface area contributed by atoms with Gasteiger partial charge in [0, 0.05) is 29.3 Å². The van der Waals surface area contributed by atoms with Crippen LogP contribution in [-0.2, 0) is 4.74 Å². The largest absolute Gasteiger partial charge is 0.349 e. The second-order valence-electron chi connectivity index (χ2n) is 8.21. The molecule has 0 bridgehead atoms. The summed E-state index contributed by atoms with van der Waals surface area (Å²) >= 11 is 0. The molecule has 1 amide bonds. The van der Waals surface area contributed by atoms with Gasteiger partial charge in [-0.1, -0.05) is 48.5 Å². The zero-order valence-corrected chi connectivity index (χ0v) is 17.8. The lowest BCUT2D eigenvalue weighted by Gasteiger charge is -2.32. The first-order valence-electron chi connectivity index (χ1n) is 10.2. The van der Waals surface area contributed by atoms with Crippen LogP contribution in [0.25, 0.3) is 0 Å². The van der Waals surface area contributed by atoms with Gasteiger partial charge < -0.3 is 9.64 Å². The van der Waals surface area contributed by atoms with Gasteiger partial charge >= 0.3 is 0 Å². The van der Waals surface area contributed by atoms with Crippen molar-refractivity contribution in [1.29, 1.82) is 0 Å². The first kappa shape index (κ1) is 20.6. The normalized spacial score (nSPS) is 22.8. The van der Waals surface area contributed by atoms with E-state index in [0.29, 0.717) is 0 Å². The smallest absolute Gasteiger partial charge is 0.254 e. The van der Waals surface area contributed by atoms with Gasteiger partial charge in [-0.25, -0.2) is 0 Å². The van der Waals surface area contributed by atoms with Crippen LogP contribution in [0.4, 0.5) is 0 Å². The van der Waals surface area contributed by atoms with E-state index >= 15 is 0 Å². The number of carbonyl (C=O) groups is 1. The predicted octanol–water partition coefficient (Wildman–Crippen LogP) is 5.04. The van der Waals surface area contributed by atoms with Crippen LogP contribution in [0, 0.1) is 0 Å². The Morgan fingerprint density at radius 1 is 0.964 bits per heavy atom. The number of hydrogen-bond acceptors (Lipinski definition) is 3. The van der Waals surface area contributed by atoms with Crippen LogP contribution in [0.5, 0.6) is 0 Å². The third-order valence-corrected chi connectivity index (χ3v) is 5.66. The van der Waals surface area contributed by atoms with Crippen molar-refractivity contribution < 1.29 is 9.53 Å². The van der Waals surface area contributed by atoms with E-state index in [2.05, 4.69) is 58.7 Å². The number of rotatable bonds is 5. The van der Waals surface area contributed by atoms with Crippen LogP contribution in [0.2, 0.25) is 0 Å². The maximum atomic E-state index is 13.4. The van der Waals surface area contributed by atoms with E-state index in [-0.39, 0.29) is 36.4 Å². The Hall–Kier alpha value is -2.17. The Morgan fingerprint density at radius 3 is 2.14 bits per heavy atom. The average molecular weight is 381 g/mol. The number of hydrogen-bond donors (Lipinski definition) is 0. The fourth-order valence-corrected chi connectivity index (χ4v) is 4.18. The average Bonchev–Trinajstić information content (AvgIpc) is 2.97. The molecule has 1 heterocycles. The van der Waals surface area contributed by atoms with Gasteiger partial charge in [-0.05, 0) is 53.3 Å². The maximum absolute atomic E-state index is 13.4. The number of amides is 1. The molecule has 4 heteroatoms. The molecule has 4 nitrogen and oxygen atoms in total. The quantitative estimate of drug-likeness (QED) is 0.729. The number of carbonyl (C=O) groups excluding carboxylic acids is 1. The molecule has 28 heavy (non-hydrogen) atoms. The molecule has 1 fully saturated rings. The summed E-state index contributed by atoms with van der Waals surface area (Å²) in [4.78, 5) is 17.6. The molecule has 2 aromatic rings. The fraction of sp³-hybridized carbons (Fsp3) is 0.458. The van der Waals surface area contributed by atoms with Crippen LogP contribution in [0.15, 0.2) is 54.6 Å². The molecule has 0 aromatic heterocycles. The van der Waals surface area contributed by atoms with Gasteiger partial charge in [0.05, 0.1) is 0 Å². The number of ether oxygens (including phenoxy) is 1. The molecule has 3 rings (SSSR count). The Morgan fingerprint density at radius 2 is 1.54 bits per heavy atom. The number of likely N-dealkylation sites (N-methyl/N-ethyl adjacent to an activating group) is 1. The van der Waals surface area contributed by atoms with Gasteiger partial charge in [0.1, 0.15) is 12.3 Å². The summed E-state index contributed by atoms with van der Waals surface area (Å²) < 4.78 is 6.50. The van der Waals surface area contributed by atoms with Crippen molar-refractivity contribution in [3.05, 3.63) is 71.3 Å². The van der Waals surface area contributed by atoms with E-state index in [4.69, 9.17) is 4.74 Å². The summed E-state index contributed by atoms with van der Waals surface area (Å²) in [6.07, 6.45) is -0.271. The van der Waals surface area contributed by atoms with Crippen molar-refractivity contribution >= 4 is 5.91 Å². The van der Waals surface area contributed by atoms with Crippen molar-refractivity contribution in [1.82, 2.24) is 9.80 Å². The molecule has 3 atom stereocenters. The SMILES string of the molecule is CC(C)N(C(=O)c1ccccc1[C@@H]1O[C@H](c2ccccc2)[C@H](C)N1C)C(C)C. The van der Waals surface area contributed by atoms with Crippen molar-refractivity contribution in [2.24, 2.45) is 0 Å². The monoisotopic (exact) mass is 380 g/mol. The summed E-state index contributed by atoms with van der Waals surface area (Å²) in [7, 11) is 2.07. The third kappa shape index (κ3) is 3.85. The molecule has 1 aliphatic heterocycles. The highest BCUT2D eigenvalue weighted by molar-refractivity contribution is 5.96. The third-order valence-electron chi connectivity index (χ3n) is 5.66. The van der Waals surface area contributed by atoms with Gasteiger partial charge in [0.25, 0.3) is 5.91 Å². The van der Waals surface area contributed by atoms with Gasteiger partial charge in [0.15, 0.2) is 0 Å². The molecule has 0 N–H and O–H groups in total. The van der Waals surface area contributed by atoms with Crippen molar-refractivity contribution in [3.63, 3.8) is 0 Å². The van der Waals surface area contributed by atoms with Crippen molar-refractivity contribution in [3.8, 4) is 0 Å². The molecule has 1 saturated heterocycles. The standard InChI is InChI=1S/C24H32N2O2/c1-16(2)26(17(3)4)23(27)20-14-10-11-15-21(20)24-25(6)18(5)22(28-24)19-12-8-7-9-13-19/h7-18,22,24H,1-6H3/t18-,22-,24-/m0/s1. The molecule has 0 radical (unpaired) electrons. The highest BCUT2D eigenvalue weighted by atomic mass is 16.5. The number of benzene rings is 2. The van der Waals surface area contributed by atoms with E-state index in [1.807, 2.05) is 47.4 Å². The first-order chi connectivity index (χ1) is 13.3. The van der Waals surface area contributed by atoms with Gasteiger partial charge in [-0.15, -0.1) is 0 Å². The van der Waals surface area contributed by atoms with Crippen LogP contribution in [0.1, 0.15) is 68.4 Å². The van der Waals surface area contributed by atoms with E-state index < -0.39 is 0 Å². The molecule has 150 valence electrons. The lowest BCUT2D eigenvalue weighted by atomic mass is 10.0. The topological polar surface area (TPSA) is 32.8 Å². The number of nitrogens with zero attached hydrogens (tertiary/aromatic N) is 2. The minimum Gasteiger partial charge on any atom is -0.349 e. The predicted molar refractivity (Wildman–Crippen MR) is 113 cm³/mol. The van der Waals surface area contributed by atoms with Gasteiger partial charge in [-0.2, -0.15) is 0 Å². The summed E-state index contributed by atoms with van der Waals surface area (Å²) in [5.74, 6) is 0.0633. The molecule has 1 aliphatic rings. The summed E-state index contributed by atoms with van der Waals surface area (Å²) in [5.41, 5.74) is 2.83. The van der Waals surface area contributed by atoms with Crippen LogP contribution >= 0.6 is 0 Å². The fourth-order valence-electron chi connectivity index (χ4n) is 4.18. The molecule has 0 aliphatic carbocycles. The minimum absolute atomic E-state index is 0.0225. The zero-order chi connectivity index (χ0) is 20.4. The maximum Gasteiger partial charge on any atom is 0.254 e. The molecule has 0 spiro atoms. The zero-order valence-electron chi connectivity index (χ0n) is 17.8. The Balaban J connectivity index is 1.96. The summed E-state index contributed by atoms with van der Waals surface area (Å²) in [6.45, 7) is 10.4. The minimum atomic E-state index is -0.249. The van der Waals surface area contributed by atoms with Crippen LogP contribution in [0.3, 0.4) is 0 Å². The first-order valence-corrected chi connectivity index (χ1v) is 10.2. The van der Waals surface area contributed by atoms with Crippen LogP contribution < -0.4 is 0 Å². The van der Waals surface area contributed by atoms with E-state index in [1.165, 1.54) is 5.56 Å². The summed E-state index contributed by atoms with van der Waals surface area (Å²) in [6, 6.07) is 18.7. The highest BCUT2D eigenvalue weighted by Gasteiger charge is 2.40. The van der Waals surface area contributed by atoms with Crippen molar-refractivity contribution in [2.75, 3.05) is 7.05 Å². The van der Waals surface area contributed by atoms with Gasteiger partial charge in [-0.3, -0.25) is 9.69 Å². The molecule has 0 unspecified atom stereocenters. The van der Waals surface area contributed by atoms with Gasteiger partial charge in [0.2, 0.25) is 0 Å². The second kappa shape index (κ2) is 8.46. The second-order valence-corrected chi connectivity index (χ2v) is 8.21. The molecular weight excluding hydrogens is 348 g/mol. The Kier molecular flexibility index (Phi) is 6.21. The summed E-state index contributed by atoms with van der Waals surface area (Å²) in [5, 5.41) is 0. The van der Waals surface area contributed by atoms with E-state index in [9.17, 15) is 4.79 Å². The van der Waals surface area contributed by atoms with E-state index in [1.54, 1.807) is 0 Å². The molecule has 0 saturated carbocycles. The Labute approximate surface area is 169 Å². The Bertz CT molecular complexity index is 795. The van der Waals surface area contributed by atoms with Crippen molar-refractivity contribution in [2.45, 2.75) is 65.1 Å². The molecular formula is C24H32N2O2.